The van der Waals surface area contributed by atoms with Crippen LogP contribution in [0.3, 0.4) is 0 Å². The fraction of sp³-hybridized carbons (Fsp3) is 0.444. The fourth-order valence-corrected chi connectivity index (χ4v) is 1.19. The molecular formula is C9H14N2O3. The van der Waals surface area contributed by atoms with E-state index in [-0.39, 0.29) is 6.54 Å². The topological polar surface area (TPSA) is 79.4 Å². The van der Waals surface area contributed by atoms with E-state index < -0.39 is 12.2 Å². The molecule has 0 aliphatic carbocycles. The number of pyridine rings is 1. The van der Waals surface area contributed by atoms with Crippen molar-refractivity contribution in [1.29, 1.82) is 0 Å². The smallest absolute Gasteiger partial charge is 0.186 e. The molecule has 1 aromatic rings. The van der Waals surface area contributed by atoms with Gasteiger partial charge in [-0.25, -0.2) is 0 Å². The summed E-state index contributed by atoms with van der Waals surface area (Å²) in [5.74, 6) is 0. The van der Waals surface area contributed by atoms with Gasteiger partial charge in [-0.05, 0) is 13.1 Å². The van der Waals surface area contributed by atoms with E-state index in [1.54, 1.807) is 13.1 Å². The first-order valence-electron chi connectivity index (χ1n) is 4.34. The largest absolute Gasteiger partial charge is 0.619 e. The Morgan fingerprint density at radius 1 is 1.57 bits per heavy atom. The molecule has 2 unspecified atom stereocenters. The monoisotopic (exact) mass is 198 g/mol. The SMILES string of the molecule is CNCC(O)C(O)c1ccc[n+]([O-])c1. The summed E-state index contributed by atoms with van der Waals surface area (Å²) < 4.78 is 0.588. The van der Waals surface area contributed by atoms with Crippen LogP contribution < -0.4 is 10.0 Å². The van der Waals surface area contributed by atoms with Crippen LogP contribution in [0.5, 0.6) is 0 Å². The third kappa shape index (κ3) is 2.66. The second-order valence-electron chi connectivity index (χ2n) is 3.07. The average Bonchev–Trinajstić information content (AvgIpc) is 2.17. The maximum Gasteiger partial charge on any atom is 0.186 e. The summed E-state index contributed by atoms with van der Waals surface area (Å²) in [5.41, 5.74) is 0.408. The Morgan fingerprint density at radius 2 is 2.29 bits per heavy atom. The van der Waals surface area contributed by atoms with Gasteiger partial charge in [0.15, 0.2) is 12.4 Å². The van der Waals surface area contributed by atoms with Crippen LogP contribution in [0.2, 0.25) is 0 Å². The van der Waals surface area contributed by atoms with E-state index in [1.165, 1.54) is 18.5 Å². The molecule has 5 nitrogen and oxygen atoms in total. The first-order valence-corrected chi connectivity index (χ1v) is 4.34. The van der Waals surface area contributed by atoms with Crippen molar-refractivity contribution in [2.45, 2.75) is 12.2 Å². The van der Waals surface area contributed by atoms with Crippen molar-refractivity contribution in [3.05, 3.63) is 35.3 Å². The zero-order valence-corrected chi connectivity index (χ0v) is 7.92. The molecule has 0 saturated carbocycles. The molecule has 0 bridgehead atoms. The van der Waals surface area contributed by atoms with Crippen LogP contribution in [0.4, 0.5) is 0 Å². The highest BCUT2D eigenvalue weighted by molar-refractivity contribution is 5.10. The van der Waals surface area contributed by atoms with Crippen molar-refractivity contribution in [1.82, 2.24) is 5.32 Å². The number of nitrogens with zero attached hydrogens (tertiary/aromatic N) is 1. The van der Waals surface area contributed by atoms with Gasteiger partial charge in [0, 0.05) is 18.2 Å². The minimum absolute atomic E-state index is 0.273. The predicted molar refractivity (Wildman–Crippen MR) is 50.3 cm³/mol. The van der Waals surface area contributed by atoms with Crippen molar-refractivity contribution in [3.8, 4) is 0 Å². The molecule has 0 fully saturated rings. The van der Waals surface area contributed by atoms with Gasteiger partial charge in [0.25, 0.3) is 0 Å². The van der Waals surface area contributed by atoms with Crippen molar-refractivity contribution in [2.75, 3.05) is 13.6 Å². The van der Waals surface area contributed by atoms with Gasteiger partial charge in [0.05, 0.1) is 6.10 Å². The molecule has 2 atom stereocenters. The molecule has 0 aliphatic heterocycles. The Morgan fingerprint density at radius 3 is 2.86 bits per heavy atom. The number of aromatic nitrogens is 1. The van der Waals surface area contributed by atoms with Gasteiger partial charge in [-0.2, -0.15) is 4.73 Å². The lowest BCUT2D eigenvalue weighted by atomic mass is 10.1. The average molecular weight is 198 g/mol. The molecule has 0 aromatic carbocycles. The summed E-state index contributed by atoms with van der Waals surface area (Å²) in [6.07, 6.45) is 0.607. The van der Waals surface area contributed by atoms with Gasteiger partial charge >= 0.3 is 0 Å². The van der Waals surface area contributed by atoms with Crippen LogP contribution >= 0.6 is 0 Å². The molecule has 1 rings (SSSR count). The van der Waals surface area contributed by atoms with E-state index in [4.69, 9.17) is 0 Å². The molecule has 1 aromatic heterocycles. The normalized spacial score (nSPS) is 15.1. The second-order valence-corrected chi connectivity index (χ2v) is 3.07. The van der Waals surface area contributed by atoms with Crippen LogP contribution in [0.1, 0.15) is 11.7 Å². The number of aliphatic hydroxyl groups excluding tert-OH is 2. The van der Waals surface area contributed by atoms with Gasteiger partial charge in [-0.1, -0.05) is 0 Å². The fourth-order valence-electron chi connectivity index (χ4n) is 1.19. The third-order valence-corrected chi connectivity index (χ3v) is 1.92. The Labute approximate surface area is 82.2 Å². The lowest BCUT2D eigenvalue weighted by Gasteiger charge is -2.16. The molecular weight excluding hydrogens is 184 g/mol. The quantitative estimate of drug-likeness (QED) is 0.425. The van der Waals surface area contributed by atoms with Crippen LogP contribution in [0.25, 0.3) is 0 Å². The van der Waals surface area contributed by atoms with E-state index in [1.807, 2.05) is 0 Å². The van der Waals surface area contributed by atoms with E-state index in [9.17, 15) is 15.4 Å². The molecule has 5 heteroatoms. The molecule has 1 heterocycles. The number of nitrogens with one attached hydrogen (secondary N) is 1. The molecule has 3 N–H and O–H groups in total. The highest BCUT2D eigenvalue weighted by Gasteiger charge is 2.19. The summed E-state index contributed by atoms with van der Waals surface area (Å²) in [7, 11) is 1.68. The van der Waals surface area contributed by atoms with Gasteiger partial charge < -0.3 is 20.7 Å². The van der Waals surface area contributed by atoms with E-state index in [0.717, 1.165) is 0 Å². The minimum Gasteiger partial charge on any atom is -0.619 e. The van der Waals surface area contributed by atoms with Crippen LogP contribution in [-0.4, -0.2) is 29.9 Å². The highest BCUT2D eigenvalue weighted by atomic mass is 16.5. The van der Waals surface area contributed by atoms with Gasteiger partial charge in [0.1, 0.15) is 6.10 Å². The highest BCUT2D eigenvalue weighted by Crippen LogP contribution is 2.13. The lowest BCUT2D eigenvalue weighted by Crippen LogP contribution is -2.32. The van der Waals surface area contributed by atoms with Gasteiger partial charge in [0.2, 0.25) is 0 Å². The second kappa shape index (κ2) is 4.90. The Balaban J connectivity index is 2.73. The Hall–Kier alpha value is -1.17. The van der Waals surface area contributed by atoms with E-state index in [2.05, 4.69) is 5.32 Å². The predicted octanol–water partition coefficient (Wildman–Crippen LogP) is -1.07. The van der Waals surface area contributed by atoms with Crippen molar-refractivity contribution >= 4 is 0 Å². The van der Waals surface area contributed by atoms with E-state index >= 15 is 0 Å². The van der Waals surface area contributed by atoms with Crippen LogP contribution in [0, 0.1) is 5.21 Å². The summed E-state index contributed by atoms with van der Waals surface area (Å²) in [6.45, 7) is 0.273. The maximum absolute atomic E-state index is 10.9. The number of hydrogen-bond acceptors (Lipinski definition) is 4. The van der Waals surface area contributed by atoms with Gasteiger partial charge in [-0.3, -0.25) is 0 Å². The molecule has 78 valence electrons. The molecule has 0 spiro atoms. The molecule has 0 amide bonds. The molecule has 0 saturated heterocycles. The Kier molecular flexibility index (Phi) is 3.82. The zero-order chi connectivity index (χ0) is 10.6. The number of rotatable bonds is 4. The number of likely N-dealkylation sites (N-methyl/N-ethyl adjacent to an activating group) is 1. The first-order chi connectivity index (χ1) is 6.65. The lowest BCUT2D eigenvalue weighted by molar-refractivity contribution is -0.606. The molecule has 0 aliphatic rings. The standard InChI is InChI=1S/C9H14N2O3/c1-10-5-8(12)9(13)7-3-2-4-11(14)6-7/h2-4,6,8-10,12-13H,5H2,1H3. The molecule has 14 heavy (non-hydrogen) atoms. The first kappa shape index (κ1) is 10.9. The van der Waals surface area contributed by atoms with Crippen molar-refractivity contribution in [2.24, 2.45) is 0 Å². The zero-order valence-electron chi connectivity index (χ0n) is 7.92. The Bertz CT molecular complexity index is 293. The maximum atomic E-state index is 10.9. The summed E-state index contributed by atoms with van der Waals surface area (Å²) >= 11 is 0. The number of hydrogen-bond donors (Lipinski definition) is 3. The third-order valence-electron chi connectivity index (χ3n) is 1.92. The molecule has 0 radical (unpaired) electrons. The summed E-state index contributed by atoms with van der Waals surface area (Å²) in [6, 6.07) is 3.12. The van der Waals surface area contributed by atoms with Gasteiger partial charge in [-0.15, -0.1) is 0 Å². The van der Waals surface area contributed by atoms with Crippen LogP contribution in [-0.2, 0) is 0 Å². The summed E-state index contributed by atoms with van der Waals surface area (Å²) in [4.78, 5) is 0. The number of aliphatic hydroxyl groups is 2. The van der Waals surface area contributed by atoms with Crippen molar-refractivity contribution in [3.63, 3.8) is 0 Å². The van der Waals surface area contributed by atoms with E-state index in [0.29, 0.717) is 10.3 Å². The minimum atomic E-state index is -1.04. The summed E-state index contributed by atoms with van der Waals surface area (Å²) in [5, 5.41) is 32.7. The van der Waals surface area contributed by atoms with Crippen LogP contribution in [0.15, 0.2) is 24.5 Å². The van der Waals surface area contributed by atoms with Crippen molar-refractivity contribution < 1.29 is 14.9 Å².